The summed E-state index contributed by atoms with van der Waals surface area (Å²) in [6, 6.07) is 10.3. The maximum Gasteiger partial charge on any atom is 0.233 e. The van der Waals surface area contributed by atoms with Gasteiger partial charge >= 0.3 is 0 Å². The van der Waals surface area contributed by atoms with Crippen LogP contribution in [0.3, 0.4) is 0 Å². The smallest absolute Gasteiger partial charge is 0.233 e. The molecule has 0 aliphatic carbocycles. The molecule has 2 aliphatic rings. The molecule has 2 fully saturated rings. The normalized spacial score (nSPS) is 17.8. The number of aromatic nitrogens is 2. The first-order valence-electron chi connectivity index (χ1n) is 10.7. The van der Waals surface area contributed by atoms with E-state index in [2.05, 4.69) is 57.9 Å². The monoisotopic (exact) mass is 460 g/mol. The summed E-state index contributed by atoms with van der Waals surface area (Å²) >= 11 is 7.66. The lowest BCUT2D eigenvalue weighted by molar-refractivity contribution is -0.129. The molecule has 0 N–H and O–H groups in total. The molecule has 2 aliphatic heterocycles. The number of rotatable bonds is 5. The number of carbonyl (C=O) groups excluding carboxylic acids is 1. The molecule has 2 saturated heterocycles. The van der Waals surface area contributed by atoms with Gasteiger partial charge in [-0.15, -0.1) is 0 Å². The molecule has 0 spiro atoms. The molecule has 2 aromatic rings. The van der Waals surface area contributed by atoms with Crippen molar-refractivity contribution in [3.8, 4) is 0 Å². The van der Waals surface area contributed by atoms with E-state index in [4.69, 9.17) is 16.6 Å². The fourth-order valence-electron chi connectivity index (χ4n) is 3.98. The molecule has 0 saturated carbocycles. The molecule has 1 amide bonds. The Hall–Kier alpha value is -2.03. The largest absolute Gasteiger partial charge is 0.368 e. The molecule has 0 atom stereocenters. The van der Waals surface area contributed by atoms with Gasteiger partial charge in [0, 0.05) is 64.1 Å². The van der Waals surface area contributed by atoms with Crippen LogP contribution in [-0.4, -0.2) is 90.8 Å². The van der Waals surface area contributed by atoms with E-state index in [1.165, 1.54) is 23.0 Å². The number of aryl methyl sites for hydroxylation is 1. The van der Waals surface area contributed by atoms with Crippen molar-refractivity contribution in [1.29, 1.82) is 0 Å². The summed E-state index contributed by atoms with van der Waals surface area (Å²) in [4.78, 5) is 30.4. The Morgan fingerprint density at radius 1 is 1.00 bits per heavy atom. The second-order valence-electron chi connectivity index (χ2n) is 8.06. The van der Waals surface area contributed by atoms with Gasteiger partial charge in [0.2, 0.25) is 5.91 Å². The molecule has 31 heavy (non-hydrogen) atoms. The Morgan fingerprint density at radius 2 is 1.68 bits per heavy atom. The van der Waals surface area contributed by atoms with Crippen LogP contribution < -0.4 is 9.80 Å². The molecule has 1 aromatic heterocycles. The number of carbonyl (C=O) groups is 1. The zero-order chi connectivity index (χ0) is 21.8. The minimum atomic E-state index is 0.134. The summed E-state index contributed by atoms with van der Waals surface area (Å²) in [5.74, 6) is 1.30. The van der Waals surface area contributed by atoms with Gasteiger partial charge in [-0.3, -0.25) is 4.79 Å². The van der Waals surface area contributed by atoms with Crippen LogP contribution in [0.15, 0.2) is 35.5 Å². The van der Waals surface area contributed by atoms with Gasteiger partial charge in [0.25, 0.3) is 0 Å². The molecule has 0 unspecified atom stereocenters. The number of nitrogens with zero attached hydrogens (tertiary/aromatic N) is 6. The summed E-state index contributed by atoms with van der Waals surface area (Å²) in [5, 5.41) is 0.979. The predicted octanol–water partition coefficient (Wildman–Crippen LogP) is 2.63. The van der Waals surface area contributed by atoms with Crippen LogP contribution in [0.25, 0.3) is 0 Å². The van der Waals surface area contributed by atoms with E-state index >= 15 is 0 Å². The van der Waals surface area contributed by atoms with Crippen LogP contribution in [0.5, 0.6) is 0 Å². The van der Waals surface area contributed by atoms with Crippen molar-refractivity contribution in [3.05, 3.63) is 41.0 Å². The van der Waals surface area contributed by atoms with E-state index in [0.717, 1.165) is 58.2 Å². The van der Waals surface area contributed by atoms with Gasteiger partial charge in [-0.05, 0) is 25.6 Å². The highest BCUT2D eigenvalue weighted by Gasteiger charge is 2.22. The van der Waals surface area contributed by atoms with Gasteiger partial charge in [0.1, 0.15) is 11.0 Å². The number of piperazine rings is 2. The number of halogens is 1. The molecule has 1 aromatic carbocycles. The predicted molar refractivity (Wildman–Crippen MR) is 127 cm³/mol. The fourth-order valence-corrected chi connectivity index (χ4v) is 4.96. The van der Waals surface area contributed by atoms with Gasteiger partial charge in [0.05, 0.1) is 5.75 Å². The Balaban J connectivity index is 1.35. The first-order valence-corrected chi connectivity index (χ1v) is 12.1. The fraction of sp³-hybridized carbons (Fsp3) is 0.500. The summed E-state index contributed by atoms with van der Waals surface area (Å²) < 4.78 is 0. The van der Waals surface area contributed by atoms with E-state index in [9.17, 15) is 4.79 Å². The molecule has 7 nitrogen and oxygen atoms in total. The Morgan fingerprint density at radius 3 is 2.39 bits per heavy atom. The van der Waals surface area contributed by atoms with Crippen molar-refractivity contribution in [2.24, 2.45) is 0 Å². The summed E-state index contributed by atoms with van der Waals surface area (Å²) in [6.07, 6.45) is 0. The van der Waals surface area contributed by atoms with Gasteiger partial charge in [-0.2, -0.15) is 0 Å². The van der Waals surface area contributed by atoms with Crippen LogP contribution in [0.2, 0.25) is 5.15 Å². The average molecular weight is 461 g/mol. The van der Waals surface area contributed by atoms with E-state index in [1.54, 1.807) is 0 Å². The quantitative estimate of drug-likeness (QED) is 0.386. The minimum Gasteiger partial charge on any atom is -0.368 e. The van der Waals surface area contributed by atoms with Crippen molar-refractivity contribution < 1.29 is 4.79 Å². The Bertz CT molecular complexity index is 913. The molecular formula is C22H29ClN6OS. The average Bonchev–Trinajstić information content (AvgIpc) is 2.78. The highest BCUT2D eigenvalue weighted by atomic mass is 35.5. The van der Waals surface area contributed by atoms with Crippen molar-refractivity contribution in [2.75, 3.05) is 75.0 Å². The third-order valence-corrected chi connectivity index (χ3v) is 6.93. The van der Waals surface area contributed by atoms with Crippen molar-refractivity contribution in [1.82, 2.24) is 19.8 Å². The standard InChI is InChI=1S/C22H29ClN6OS/c1-17-5-3-4-6-18(17)27-11-13-28(14-12-27)20-15-19(23)24-22(25-20)31-16-21(30)29-9-7-26(2)8-10-29/h3-6,15H,7-14,16H2,1-2H3. The number of para-hydroxylation sites is 1. The van der Waals surface area contributed by atoms with E-state index in [1.807, 2.05) is 11.0 Å². The zero-order valence-electron chi connectivity index (χ0n) is 18.1. The number of amides is 1. The second kappa shape index (κ2) is 10.1. The Labute approximate surface area is 193 Å². The lowest BCUT2D eigenvalue weighted by Gasteiger charge is -2.37. The number of anilines is 2. The van der Waals surface area contributed by atoms with Gasteiger partial charge in [-0.25, -0.2) is 9.97 Å². The maximum atomic E-state index is 12.5. The maximum absolute atomic E-state index is 12.5. The number of thioether (sulfide) groups is 1. The highest BCUT2D eigenvalue weighted by molar-refractivity contribution is 7.99. The molecule has 166 valence electrons. The summed E-state index contributed by atoms with van der Waals surface area (Å²) in [7, 11) is 2.08. The van der Waals surface area contributed by atoms with Crippen LogP contribution in [0, 0.1) is 6.92 Å². The minimum absolute atomic E-state index is 0.134. The molecule has 9 heteroatoms. The second-order valence-corrected chi connectivity index (χ2v) is 9.39. The van der Waals surface area contributed by atoms with Crippen molar-refractivity contribution in [2.45, 2.75) is 12.1 Å². The van der Waals surface area contributed by atoms with Gasteiger partial charge in [-0.1, -0.05) is 41.6 Å². The molecule has 0 radical (unpaired) electrons. The van der Waals surface area contributed by atoms with Crippen molar-refractivity contribution >= 4 is 40.8 Å². The number of hydrogen-bond acceptors (Lipinski definition) is 7. The Kier molecular flexibility index (Phi) is 7.20. The van der Waals surface area contributed by atoms with Gasteiger partial charge < -0.3 is 19.6 Å². The first-order chi connectivity index (χ1) is 15.0. The molecular weight excluding hydrogens is 432 g/mol. The molecule has 0 bridgehead atoms. The molecule has 4 rings (SSSR count). The van der Waals surface area contributed by atoms with Crippen LogP contribution in [-0.2, 0) is 4.79 Å². The number of likely N-dealkylation sites (N-methyl/N-ethyl adjacent to an activating group) is 1. The van der Waals surface area contributed by atoms with E-state index in [-0.39, 0.29) is 5.91 Å². The lowest BCUT2D eigenvalue weighted by atomic mass is 10.1. The van der Waals surface area contributed by atoms with Crippen LogP contribution in [0.4, 0.5) is 11.5 Å². The third-order valence-electron chi connectivity index (χ3n) is 5.90. The molecule has 3 heterocycles. The summed E-state index contributed by atoms with van der Waals surface area (Å²) in [5.41, 5.74) is 2.59. The van der Waals surface area contributed by atoms with E-state index < -0.39 is 0 Å². The van der Waals surface area contributed by atoms with E-state index in [0.29, 0.717) is 16.1 Å². The lowest BCUT2D eigenvalue weighted by Crippen LogP contribution is -2.47. The third kappa shape index (κ3) is 5.61. The van der Waals surface area contributed by atoms with Gasteiger partial charge in [0.15, 0.2) is 5.16 Å². The summed E-state index contributed by atoms with van der Waals surface area (Å²) in [6.45, 7) is 9.14. The number of hydrogen-bond donors (Lipinski definition) is 0. The topological polar surface area (TPSA) is 55.8 Å². The van der Waals surface area contributed by atoms with Crippen LogP contribution >= 0.6 is 23.4 Å². The SMILES string of the molecule is Cc1ccccc1N1CCN(c2cc(Cl)nc(SCC(=O)N3CCN(C)CC3)n2)CC1. The van der Waals surface area contributed by atoms with Crippen LogP contribution in [0.1, 0.15) is 5.56 Å². The number of benzene rings is 1. The first kappa shape index (κ1) is 22.2. The highest BCUT2D eigenvalue weighted by Crippen LogP contribution is 2.25. The van der Waals surface area contributed by atoms with Crippen molar-refractivity contribution in [3.63, 3.8) is 0 Å². The zero-order valence-corrected chi connectivity index (χ0v) is 19.7.